The maximum atomic E-state index is 5.80. The van der Waals surface area contributed by atoms with Gasteiger partial charge in [0.25, 0.3) is 0 Å². The number of rotatable bonds is 5. The summed E-state index contributed by atoms with van der Waals surface area (Å²) in [5.41, 5.74) is 7.95. The van der Waals surface area contributed by atoms with Crippen LogP contribution in [0.2, 0.25) is 0 Å². The van der Waals surface area contributed by atoms with Crippen molar-refractivity contribution in [1.29, 1.82) is 0 Å². The fourth-order valence-corrected chi connectivity index (χ4v) is 2.43. The van der Waals surface area contributed by atoms with Gasteiger partial charge in [-0.15, -0.1) is 0 Å². The molecule has 6 heteroatoms. The van der Waals surface area contributed by atoms with Gasteiger partial charge >= 0.3 is 0 Å². The van der Waals surface area contributed by atoms with Crippen LogP contribution in [0.15, 0.2) is 30.6 Å². The van der Waals surface area contributed by atoms with Crippen LogP contribution in [0.25, 0.3) is 0 Å². The molecule has 6 nitrogen and oxygen atoms in total. The second kappa shape index (κ2) is 6.49. The van der Waals surface area contributed by atoms with Gasteiger partial charge in [-0.1, -0.05) is 6.07 Å². The van der Waals surface area contributed by atoms with Crippen molar-refractivity contribution in [3.63, 3.8) is 0 Å². The van der Waals surface area contributed by atoms with Gasteiger partial charge in [0.15, 0.2) is 0 Å². The number of nitrogens with one attached hydrogen (secondary N) is 1. The lowest BCUT2D eigenvalue weighted by Gasteiger charge is -2.11. The lowest BCUT2D eigenvalue weighted by Crippen LogP contribution is -2.11. The van der Waals surface area contributed by atoms with Gasteiger partial charge in [-0.3, -0.25) is 4.98 Å². The Morgan fingerprint density at radius 1 is 1.38 bits per heavy atom. The van der Waals surface area contributed by atoms with Gasteiger partial charge in [-0.25, -0.2) is 4.98 Å². The maximum Gasteiger partial charge on any atom is 0.222 e. The minimum absolute atomic E-state index is 0.309. The molecule has 1 saturated heterocycles. The molecule has 110 valence electrons. The monoisotopic (exact) mass is 285 g/mol. The molecule has 0 aliphatic carbocycles. The standard InChI is InChI=1S/C15H19N5O/c16-15-19-13(12-4-7-21-10-12)8-14(20-15)18-6-3-11-2-1-5-17-9-11/h1-2,5,8-9,12H,3-4,6-7,10H2,(H3,16,18,19,20)/t12-/m1/s1. The van der Waals surface area contributed by atoms with Gasteiger partial charge in [0.2, 0.25) is 5.95 Å². The molecule has 1 fully saturated rings. The van der Waals surface area contributed by atoms with E-state index in [0.29, 0.717) is 18.5 Å². The van der Waals surface area contributed by atoms with Gasteiger partial charge in [0.05, 0.1) is 12.3 Å². The Morgan fingerprint density at radius 3 is 3.10 bits per heavy atom. The van der Waals surface area contributed by atoms with Crippen molar-refractivity contribution in [2.75, 3.05) is 30.8 Å². The van der Waals surface area contributed by atoms with Gasteiger partial charge < -0.3 is 15.8 Å². The third-order valence-corrected chi connectivity index (χ3v) is 3.55. The average molecular weight is 285 g/mol. The Bertz CT molecular complexity index is 584. The van der Waals surface area contributed by atoms with Crippen LogP contribution in [-0.2, 0) is 11.2 Å². The minimum Gasteiger partial charge on any atom is -0.381 e. The average Bonchev–Trinajstić information content (AvgIpc) is 3.02. The van der Waals surface area contributed by atoms with Crippen LogP contribution in [0.3, 0.4) is 0 Å². The number of nitrogens with two attached hydrogens (primary N) is 1. The van der Waals surface area contributed by atoms with Crippen LogP contribution in [0.4, 0.5) is 11.8 Å². The predicted octanol–water partition coefficient (Wildman–Crippen LogP) is 1.61. The Labute approximate surface area is 123 Å². The highest BCUT2D eigenvalue weighted by Crippen LogP contribution is 2.25. The summed E-state index contributed by atoms with van der Waals surface area (Å²) in [6, 6.07) is 5.97. The van der Waals surface area contributed by atoms with Crippen molar-refractivity contribution in [3.8, 4) is 0 Å². The summed E-state index contributed by atoms with van der Waals surface area (Å²) in [6.45, 7) is 2.28. The molecule has 2 aromatic heterocycles. The topological polar surface area (TPSA) is 86.0 Å². The molecule has 2 aromatic rings. The minimum atomic E-state index is 0.309. The molecular weight excluding hydrogens is 266 g/mol. The van der Waals surface area contributed by atoms with E-state index in [1.54, 1.807) is 6.20 Å². The van der Waals surface area contributed by atoms with E-state index in [1.165, 1.54) is 5.56 Å². The van der Waals surface area contributed by atoms with Crippen LogP contribution < -0.4 is 11.1 Å². The molecule has 3 rings (SSSR count). The molecule has 21 heavy (non-hydrogen) atoms. The van der Waals surface area contributed by atoms with Crippen molar-refractivity contribution in [2.24, 2.45) is 0 Å². The van der Waals surface area contributed by atoms with Crippen molar-refractivity contribution >= 4 is 11.8 Å². The number of anilines is 2. The fraction of sp³-hybridized carbons (Fsp3) is 0.400. The Balaban J connectivity index is 1.62. The zero-order valence-electron chi connectivity index (χ0n) is 11.8. The molecule has 3 heterocycles. The van der Waals surface area contributed by atoms with Crippen LogP contribution in [0.1, 0.15) is 23.6 Å². The normalized spacial score (nSPS) is 17.8. The quantitative estimate of drug-likeness (QED) is 0.868. The summed E-state index contributed by atoms with van der Waals surface area (Å²) in [6.07, 6.45) is 5.53. The fourth-order valence-electron chi connectivity index (χ4n) is 2.43. The first-order chi connectivity index (χ1) is 10.3. The molecule has 0 amide bonds. The van der Waals surface area contributed by atoms with Gasteiger partial charge in [0.1, 0.15) is 5.82 Å². The number of ether oxygens (including phenoxy) is 1. The van der Waals surface area contributed by atoms with Crippen LogP contribution in [0.5, 0.6) is 0 Å². The molecule has 0 radical (unpaired) electrons. The zero-order valence-corrected chi connectivity index (χ0v) is 11.8. The zero-order chi connectivity index (χ0) is 14.5. The van der Waals surface area contributed by atoms with Crippen LogP contribution >= 0.6 is 0 Å². The van der Waals surface area contributed by atoms with E-state index in [4.69, 9.17) is 10.5 Å². The number of nitrogens with zero attached hydrogens (tertiary/aromatic N) is 3. The molecule has 1 atom stereocenters. The lowest BCUT2D eigenvalue weighted by atomic mass is 10.0. The molecule has 0 bridgehead atoms. The van der Waals surface area contributed by atoms with Crippen molar-refractivity contribution in [3.05, 3.63) is 41.9 Å². The van der Waals surface area contributed by atoms with Gasteiger partial charge in [0, 0.05) is 37.5 Å². The van der Waals surface area contributed by atoms with Gasteiger partial charge in [-0.05, 0) is 24.5 Å². The molecule has 0 unspecified atom stereocenters. The summed E-state index contributed by atoms with van der Waals surface area (Å²) in [5.74, 6) is 1.41. The number of hydrogen-bond acceptors (Lipinski definition) is 6. The molecule has 0 spiro atoms. The van der Waals surface area contributed by atoms with E-state index < -0.39 is 0 Å². The van der Waals surface area contributed by atoms with E-state index in [2.05, 4.69) is 26.3 Å². The molecule has 3 N–H and O–H groups in total. The first kappa shape index (κ1) is 13.8. The maximum absolute atomic E-state index is 5.80. The van der Waals surface area contributed by atoms with Crippen LogP contribution in [-0.4, -0.2) is 34.7 Å². The molecule has 1 aliphatic rings. The third kappa shape index (κ3) is 3.66. The van der Waals surface area contributed by atoms with E-state index in [9.17, 15) is 0 Å². The Morgan fingerprint density at radius 2 is 2.33 bits per heavy atom. The second-order valence-electron chi connectivity index (χ2n) is 5.13. The van der Waals surface area contributed by atoms with Crippen molar-refractivity contribution < 1.29 is 4.74 Å². The molecule has 0 saturated carbocycles. The lowest BCUT2D eigenvalue weighted by molar-refractivity contribution is 0.193. The highest BCUT2D eigenvalue weighted by Gasteiger charge is 2.20. The first-order valence-electron chi connectivity index (χ1n) is 7.16. The summed E-state index contributed by atoms with van der Waals surface area (Å²) in [5, 5.41) is 3.30. The SMILES string of the molecule is Nc1nc(NCCc2cccnc2)cc([C@@H]2CCOC2)n1. The highest BCUT2D eigenvalue weighted by atomic mass is 16.5. The Hall–Kier alpha value is -2.21. The van der Waals surface area contributed by atoms with Crippen molar-refractivity contribution in [2.45, 2.75) is 18.8 Å². The summed E-state index contributed by atoms with van der Waals surface area (Å²) >= 11 is 0. The van der Waals surface area contributed by atoms with Crippen molar-refractivity contribution in [1.82, 2.24) is 15.0 Å². The number of nitrogen functional groups attached to an aromatic ring is 1. The molecule has 1 aliphatic heterocycles. The highest BCUT2D eigenvalue weighted by molar-refractivity contribution is 5.41. The van der Waals surface area contributed by atoms with Crippen LogP contribution in [0, 0.1) is 0 Å². The smallest absolute Gasteiger partial charge is 0.222 e. The number of pyridine rings is 1. The summed E-state index contributed by atoms with van der Waals surface area (Å²) < 4.78 is 5.40. The third-order valence-electron chi connectivity index (χ3n) is 3.55. The summed E-state index contributed by atoms with van der Waals surface area (Å²) in [7, 11) is 0. The van der Waals surface area contributed by atoms with E-state index in [-0.39, 0.29) is 0 Å². The largest absolute Gasteiger partial charge is 0.381 e. The number of aromatic nitrogens is 3. The van der Waals surface area contributed by atoms with E-state index >= 15 is 0 Å². The van der Waals surface area contributed by atoms with Gasteiger partial charge in [-0.2, -0.15) is 4.98 Å². The molecule has 0 aromatic carbocycles. The second-order valence-corrected chi connectivity index (χ2v) is 5.13. The summed E-state index contributed by atoms with van der Waals surface area (Å²) in [4.78, 5) is 12.7. The Kier molecular flexibility index (Phi) is 4.25. The molecular formula is C15H19N5O. The van der Waals surface area contributed by atoms with E-state index in [1.807, 2.05) is 18.3 Å². The predicted molar refractivity (Wildman–Crippen MR) is 81.1 cm³/mol. The first-order valence-corrected chi connectivity index (χ1v) is 7.16. The number of hydrogen-bond donors (Lipinski definition) is 2. The van der Waals surface area contributed by atoms with E-state index in [0.717, 1.165) is 37.5 Å².